The topological polar surface area (TPSA) is 15.3 Å². The van der Waals surface area contributed by atoms with E-state index in [0.29, 0.717) is 11.6 Å². The molecule has 0 aromatic heterocycles. The minimum atomic E-state index is -0.223. The lowest BCUT2D eigenvalue weighted by molar-refractivity contribution is 0.0161. The van der Waals surface area contributed by atoms with E-state index < -0.39 is 0 Å². The molecular formula is C17H26ClFN2. The van der Waals surface area contributed by atoms with Crippen LogP contribution in [0.1, 0.15) is 46.1 Å². The zero-order chi connectivity index (χ0) is 15.7. The molecule has 1 heterocycles. The Morgan fingerprint density at radius 1 is 1.29 bits per heavy atom. The Labute approximate surface area is 132 Å². The van der Waals surface area contributed by atoms with Gasteiger partial charge in [0.15, 0.2) is 0 Å². The first-order valence-corrected chi connectivity index (χ1v) is 8.14. The molecule has 21 heavy (non-hydrogen) atoms. The molecule has 4 heteroatoms. The Kier molecular flexibility index (Phi) is 4.96. The van der Waals surface area contributed by atoms with Gasteiger partial charge in [0.25, 0.3) is 0 Å². The number of piperazine rings is 1. The Bertz CT molecular complexity index is 498. The van der Waals surface area contributed by atoms with Crippen LogP contribution in [0.4, 0.5) is 4.39 Å². The highest BCUT2D eigenvalue weighted by molar-refractivity contribution is 6.31. The normalized spacial score (nSPS) is 21.4. The van der Waals surface area contributed by atoms with Crippen molar-refractivity contribution in [2.24, 2.45) is 0 Å². The van der Waals surface area contributed by atoms with Gasteiger partial charge in [0.2, 0.25) is 0 Å². The summed E-state index contributed by atoms with van der Waals surface area (Å²) in [5.41, 5.74) is 1.05. The van der Waals surface area contributed by atoms with Gasteiger partial charge in [0.05, 0.1) is 0 Å². The Morgan fingerprint density at radius 2 is 1.95 bits per heavy atom. The van der Waals surface area contributed by atoms with Crippen LogP contribution in [0.3, 0.4) is 0 Å². The highest BCUT2D eigenvalue weighted by Gasteiger charge is 2.40. The van der Waals surface area contributed by atoms with Crippen LogP contribution < -0.4 is 5.32 Å². The van der Waals surface area contributed by atoms with Gasteiger partial charge in [-0.2, -0.15) is 0 Å². The molecule has 1 fully saturated rings. The van der Waals surface area contributed by atoms with Crippen molar-refractivity contribution in [2.45, 2.75) is 58.2 Å². The van der Waals surface area contributed by atoms with E-state index in [0.717, 1.165) is 31.5 Å². The summed E-state index contributed by atoms with van der Waals surface area (Å²) in [6.07, 6.45) is 2.18. The minimum absolute atomic E-state index is 0.0312. The first-order valence-electron chi connectivity index (χ1n) is 7.76. The third-order valence-electron chi connectivity index (χ3n) is 4.97. The lowest BCUT2D eigenvalue weighted by Crippen LogP contribution is -2.67. The van der Waals surface area contributed by atoms with Crippen molar-refractivity contribution in [3.63, 3.8) is 0 Å². The van der Waals surface area contributed by atoms with Crippen LogP contribution in [-0.4, -0.2) is 29.1 Å². The molecule has 0 radical (unpaired) electrons. The maximum atomic E-state index is 13.5. The molecule has 0 unspecified atom stereocenters. The molecule has 1 aromatic rings. The molecule has 2 rings (SSSR count). The van der Waals surface area contributed by atoms with Crippen molar-refractivity contribution in [3.8, 4) is 0 Å². The van der Waals surface area contributed by atoms with Gasteiger partial charge in [-0.1, -0.05) is 25.4 Å². The van der Waals surface area contributed by atoms with Gasteiger partial charge >= 0.3 is 0 Å². The van der Waals surface area contributed by atoms with Crippen LogP contribution in [-0.2, 0) is 6.54 Å². The van der Waals surface area contributed by atoms with Gasteiger partial charge in [-0.3, -0.25) is 4.90 Å². The van der Waals surface area contributed by atoms with Crippen molar-refractivity contribution >= 4 is 11.6 Å². The number of nitrogens with zero attached hydrogens (tertiary/aromatic N) is 1. The van der Waals surface area contributed by atoms with Crippen LogP contribution in [0.2, 0.25) is 5.02 Å². The van der Waals surface area contributed by atoms with E-state index >= 15 is 0 Å². The number of nitrogens with one attached hydrogen (secondary N) is 1. The van der Waals surface area contributed by atoms with Crippen LogP contribution in [0.15, 0.2) is 18.2 Å². The van der Waals surface area contributed by atoms with Crippen LogP contribution in [0.5, 0.6) is 0 Å². The molecule has 1 aliphatic rings. The monoisotopic (exact) mass is 312 g/mol. The molecule has 0 spiro atoms. The average molecular weight is 313 g/mol. The first-order chi connectivity index (χ1) is 9.82. The zero-order valence-corrected chi connectivity index (χ0v) is 14.2. The van der Waals surface area contributed by atoms with Gasteiger partial charge in [-0.15, -0.1) is 0 Å². The second kappa shape index (κ2) is 6.23. The molecule has 0 saturated carbocycles. The van der Waals surface area contributed by atoms with E-state index in [1.165, 1.54) is 6.07 Å². The fourth-order valence-electron chi connectivity index (χ4n) is 3.01. The third-order valence-corrected chi connectivity index (χ3v) is 5.34. The molecule has 1 aromatic carbocycles. The Balaban J connectivity index is 2.24. The SMILES string of the molecule is CCC1(CC)CN(Cc2cc(F)ccc2Cl)C(C)(C)CN1. The molecule has 2 nitrogen and oxygen atoms in total. The maximum absolute atomic E-state index is 13.5. The molecule has 118 valence electrons. The summed E-state index contributed by atoms with van der Waals surface area (Å²) >= 11 is 6.24. The predicted octanol–water partition coefficient (Wildman–Crippen LogP) is 4.22. The molecule has 1 N–H and O–H groups in total. The lowest BCUT2D eigenvalue weighted by atomic mass is 9.84. The molecular weight excluding hydrogens is 287 g/mol. The van der Waals surface area contributed by atoms with E-state index in [1.54, 1.807) is 12.1 Å². The van der Waals surface area contributed by atoms with Gasteiger partial charge < -0.3 is 5.32 Å². The van der Waals surface area contributed by atoms with E-state index in [9.17, 15) is 4.39 Å². The second-order valence-corrected chi connectivity index (χ2v) is 7.15. The summed E-state index contributed by atoms with van der Waals surface area (Å²) in [6, 6.07) is 4.62. The van der Waals surface area contributed by atoms with Crippen molar-refractivity contribution in [1.29, 1.82) is 0 Å². The van der Waals surface area contributed by atoms with Crippen LogP contribution >= 0.6 is 11.6 Å². The van der Waals surface area contributed by atoms with Crippen LogP contribution in [0.25, 0.3) is 0 Å². The van der Waals surface area contributed by atoms with Crippen LogP contribution in [0, 0.1) is 5.82 Å². The van der Waals surface area contributed by atoms with Crippen molar-refractivity contribution in [1.82, 2.24) is 10.2 Å². The number of hydrogen-bond donors (Lipinski definition) is 1. The second-order valence-electron chi connectivity index (χ2n) is 6.75. The van der Waals surface area contributed by atoms with E-state index in [-0.39, 0.29) is 16.9 Å². The number of halogens is 2. The summed E-state index contributed by atoms with van der Waals surface area (Å²) < 4.78 is 13.5. The molecule has 0 aliphatic carbocycles. The van der Waals surface area contributed by atoms with Crippen molar-refractivity contribution in [2.75, 3.05) is 13.1 Å². The standard InChI is InChI=1S/C17H26ClFN2/c1-5-17(6-2)12-21(16(3,4)11-20-17)10-13-9-14(19)7-8-15(13)18/h7-9,20H,5-6,10-12H2,1-4H3. The smallest absolute Gasteiger partial charge is 0.123 e. The van der Waals surface area contributed by atoms with Crippen molar-refractivity contribution in [3.05, 3.63) is 34.6 Å². The zero-order valence-electron chi connectivity index (χ0n) is 13.5. The largest absolute Gasteiger partial charge is 0.308 e. The molecule has 1 aliphatic heterocycles. The number of benzene rings is 1. The maximum Gasteiger partial charge on any atom is 0.123 e. The predicted molar refractivity (Wildman–Crippen MR) is 87.2 cm³/mol. The average Bonchev–Trinajstić information content (AvgIpc) is 2.45. The Morgan fingerprint density at radius 3 is 2.57 bits per heavy atom. The van der Waals surface area contributed by atoms with E-state index in [2.05, 4.69) is 37.9 Å². The molecule has 0 bridgehead atoms. The summed E-state index contributed by atoms with van der Waals surface area (Å²) in [4.78, 5) is 2.43. The summed E-state index contributed by atoms with van der Waals surface area (Å²) in [7, 11) is 0. The quantitative estimate of drug-likeness (QED) is 0.895. The van der Waals surface area contributed by atoms with Crippen molar-refractivity contribution < 1.29 is 4.39 Å². The fourth-order valence-corrected chi connectivity index (χ4v) is 3.19. The van der Waals surface area contributed by atoms with Gasteiger partial charge in [0, 0.05) is 35.7 Å². The number of hydrogen-bond acceptors (Lipinski definition) is 2. The molecule has 0 amide bonds. The van der Waals surface area contributed by atoms with Gasteiger partial charge in [0.1, 0.15) is 5.82 Å². The summed E-state index contributed by atoms with van der Waals surface area (Å²) in [6.45, 7) is 11.5. The molecule has 1 saturated heterocycles. The summed E-state index contributed by atoms with van der Waals surface area (Å²) in [5, 5.41) is 4.36. The highest BCUT2D eigenvalue weighted by Crippen LogP contribution is 2.31. The third kappa shape index (κ3) is 3.58. The summed E-state index contributed by atoms with van der Waals surface area (Å²) in [5.74, 6) is -0.223. The molecule has 0 atom stereocenters. The number of rotatable bonds is 4. The van der Waals surface area contributed by atoms with E-state index in [4.69, 9.17) is 11.6 Å². The Hall–Kier alpha value is -0.640. The van der Waals surface area contributed by atoms with Gasteiger partial charge in [-0.05, 0) is 50.5 Å². The lowest BCUT2D eigenvalue weighted by Gasteiger charge is -2.52. The van der Waals surface area contributed by atoms with E-state index in [1.807, 2.05) is 0 Å². The minimum Gasteiger partial charge on any atom is -0.308 e. The first kappa shape index (κ1) is 16.7. The van der Waals surface area contributed by atoms with Gasteiger partial charge in [-0.25, -0.2) is 4.39 Å². The highest BCUT2D eigenvalue weighted by atomic mass is 35.5. The fraction of sp³-hybridized carbons (Fsp3) is 0.647.